The maximum atomic E-state index is 4.89. The highest BCUT2D eigenvalue weighted by Crippen LogP contribution is 2.27. The van der Waals surface area contributed by atoms with Gasteiger partial charge in [0.05, 0.1) is 0 Å². The summed E-state index contributed by atoms with van der Waals surface area (Å²) in [6, 6.07) is 5.20. The lowest BCUT2D eigenvalue weighted by atomic mass is 10.1. The van der Waals surface area contributed by atoms with E-state index in [1.807, 2.05) is 12.3 Å². The van der Waals surface area contributed by atoms with Crippen molar-refractivity contribution in [1.82, 2.24) is 25.2 Å². The number of fused-ring (bicyclic) bond motifs is 1. The minimum absolute atomic E-state index is 0.544. The number of piperidine rings is 1. The van der Waals surface area contributed by atoms with Crippen LogP contribution in [0.5, 0.6) is 0 Å². The summed E-state index contributed by atoms with van der Waals surface area (Å²) in [6.45, 7) is 3.34. The number of aromatic nitrogens is 3. The Kier molecular flexibility index (Phi) is 3.61. The first kappa shape index (κ1) is 13.2. The fourth-order valence-electron chi connectivity index (χ4n) is 3.72. The van der Waals surface area contributed by atoms with Crippen LogP contribution in [0.1, 0.15) is 37.5 Å². The van der Waals surface area contributed by atoms with E-state index in [-0.39, 0.29) is 0 Å². The maximum absolute atomic E-state index is 4.89. The van der Waals surface area contributed by atoms with E-state index in [2.05, 4.69) is 26.3 Å². The van der Waals surface area contributed by atoms with Crippen LogP contribution in [0.2, 0.25) is 0 Å². The molecule has 1 unspecified atom stereocenters. The molecular formula is C16H23N5. The second-order valence-electron chi connectivity index (χ2n) is 6.22. The molecule has 2 fully saturated rings. The van der Waals surface area contributed by atoms with Crippen LogP contribution in [0, 0.1) is 0 Å². The molecule has 2 aliphatic rings. The van der Waals surface area contributed by atoms with Gasteiger partial charge in [-0.1, -0.05) is 0 Å². The van der Waals surface area contributed by atoms with Gasteiger partial charge in [-0.2, -0.15) is 0 Å². The number of rotatable bonds is 3. The van der Waals surface area contributed by atoms with Gasteiger partial charge >= 0.3 is 0 Å². The molecule has 0 bridgehead atoms. The number of nitrogens with zero attached hydrogens (tertiary/aromatic N) is 3. The van der Waals surface area contributed by atoms with Gasteiger partial charge in [0.25, 0.3) is 0 Å². The third-order valence-corrected chi connectivity index (χ3v) is 4.79. The smallest absolute Gasteiger partial charge is 0.160 e. The van der Waals surface area contributed by atoms with Gasteiger partial charge in [0.15, 0.2) is 5.65 Å². The molecule has 2 N–H and O–H groups in total. The molecule has 2 aliphatic heterocycles. The minimum atomic E-state index is 0.544. The van der Waals surface area contributed by atoms with E-state index in [0.717, 1.165) is 37.2 Å². The van der Waals surface area contributed by atoms with Crippen molar-refractivity contribution in [2.45, 2.75) is 44.2 Å². The second-order valence-corrected chi connectivity index (χ2v) is 6.22. The van der Waals surface area contributed by atoms with Crippen molar-refractivity contribution in [2.24, 2.45) is 0 Å². The van der Waals surface area contributed by atoms with E-state index in [0.29, 0.717) is 12.1 Å². The first-order chi connectivity index (χ1) is 10.4. The minimum Gasteiger partial charge on any atom is -0.317 e. The van der Waals surface area contributed by atoms with Crippen molar-refractivity contribution in [2.75, 3.05) is 19.6 Å². The van der Waals surface area contributed by atoms with Crippen LogP contribution in [-0.2, 0) is 6.42 Å². The quantitative estimate of drug-likeness (QED) is 0.900. The van der Waals surface area contributed by atoms with Crippen molar-refractivity contribution < 1.29 is 0 Å². The van der Waals surface area contributed by atoms with Crippen molar-refractivity contribution in [3.8, 4) is 0 Å². The van der Waals surface area contributed by atoms with Crippen molar-refractivity contribution in [1.29, 1.82) is 0 Å². The Morgan fingerprint density at radius 1 is 1.19 bits per heavy atom. The summed E-state index contributed by atoms with van der Waals surface area (Å²) in [6.07, 6.45) is 7.82. The molecule has 0 aromatic carbocycles. The molecule has 5 nitrogen and oxygen atoms in total. The first-order valence-corrected chi connectivity index (χ1v) is 8.18. The van der Waals surface area contributed by atoms with Crippen LogP contribution in [0.3, 0.4) is 0 Å². The Morgan fingerprint density at radius 3 is 2.90 bits per heavy atom. The van der Waals surface area contributed by atoms with Crippen molar-refractivity contribution >= 4 is 11.2 Å². The van der Waals surface area contributed by atoms with Crippen molar-refractivity contribution in [3.05, 3.63) is 24.2 Å². The predicted octanol–water partition coefficient (Wildman–Crippen LogP) is 1.65. The third-order valence-electron chi connectivity index (χ3n) is 4.79. The van der Waals surface area contributed by atoms with Crippen LogP contribution < -0.4 is 10.6 Å². The molecule has 0 amide bonds. The van der Waals surface area contributed by atoms with Crippen molar-refractivity contribution in [3.63, 3.8) is 0 Å². The number of hydrogen-bond donors (Lipinski definition) is 2. The third kappa shape index (κ3) is 2.56. The van der Waals surface area contributed by atoms with Crippen LogP contribution in [0.15, 0.2) is 18.3 Å². The fourth-order valence-corrected chi connectivity index (χ4v) is 3.72. The van der Waals surface area contributed by atoms with Gasteiger partial charge in [0.1, 0.15) is 11.3 Å². The molecule has 2 saturated heterocycles. The van der Waals surface area contributed by atoms with E-state index in [9.17, 15) is 0 Å². The predicted molar refractivity (Wildman–Crippen MR) is 83.4 cm³/mol. The summed E-state index contributed by atoms with van der Waals surface area (Å²) < 4.78 is 2.43. The highest BCUT2D eigenvalue weighted by Gasteiger charge is 2.24. The standard InChI is InChI=1S/C16H23N5/c1-3-12(18-7-1)11-15-20-14-4-2-8-19-16(14)21(15)13-5-9-17-10-6-13/h2,4,8,12-13,17-18H,1,3,5-7,9-11H2. The van der Waals surface area contributed by atoms with Gasteiger partial charge in [-0.25, -0.2) is 9.97 Å². The lowest BCUT2D eigenvalue weighted by Gasteiger charge is -2.26. The summed E-state index contributed by atoms with van der Waals surface area (Å²) in [4.78, 5) is 9.50. The molecule has 0 spiro atoms. The molecule has 1 atom stereocenters. The number of hydrogen-bond acceptors (Lipinski definition) is 4. The molecule has 112 valence electrons. The topological polar surface area (TPSA) is 54.8 Å². The lowest BCUT2D eigenvalue weighted by molar-refractivity contribution is 0.362. The molecule has 0 saturated carbocycles. The maximum Gasteiger partial charge on any atom is 0.160 e. The van der Waals surface area contributed by atoms with E-state index in [4.69, 9.17) is 4.98 Å². The highest BCUT2D eigenvalue weighted by atomic mass is 15.2. The average molecular weight is 285 g/mol. The van der Waals surface area contributed by atoms with Crippen LogP contribution >= 0.6 is 0 Å². The van der Waals surface area contributed by atoms with Gasteiger partial charge in [0.2, 0.25) is 0 Å². The summed E-state index contributed by atoms with van der Waals surface area (Å²) in [5.41, 5.74) is 2.11. The Labute approximate surface area is 125 Å². The second kappa shape index (κ2) is 5.73. The number of pyridine rings is 1. The molecule has 5 heteroatoms. The fraction of sp³-hybridized carbons (Fsp3) is 0.625. The molecule has 4 heterocycles. The molecule has 21 heavy (non-hydrogen) atoms. The average Bonchev–Trinajstić information content (AvgIpc) is 3.15. The summed E-state index contributed by atoms with van der Waals surface area (Å²) in [7, 11) is 0. The van der Waals surface area contributed by atoms with Gasteiger partial charge in [-0.15, -0.1) is 0 Å². The zero-order valence-electron chi connectivity index (χ0n) is 12.4. The summed E-state index contributed by atoms with van der Waals surface area (Å²) in [5.74, 6) is 1.22. The Balaban J connectivity index is 1.72. The van der Waals surface area contributed by atoms with Crippen LogP contribution in [-0.4, -0.2) is 40.2 Å². The Morgan fingerprint density at radius 2 is 2.10 bits per heavy atom. The number of nitrogens with one attached hydrogen (secondary N) is 2. The zero-order chi connectivity index (χ0) is 14.1. The van der Waals surface area contributed by atoms with Gasteiger partial charge < -0.3 is 15.2 Å². The van der Waals surface area contributed by atoms with Gasteiger partial charge in [0, 0.05) is 24.7 Å². The summed E-state index contributed by atoms with van der Waals surface area (Å²) >= 11 is 0. The Bertz CT molecular complexity index is 608. The molecule has 4 rings (SSSR count). The van der Waals surface area contributed by atoms with E-state index < -0.39 is 0 Å². The number of imidazole rings is 1. The lowest BCUT2D eigenvalue weighted by Crippen LogP contribution is -2.31. The van der Waals surface area contributed by atoms with E-state index in [1.165, 1.54) is 31.5 Å². The molecule has 0 radical (unpaired) electrons. The Hall–Kier alpha value is -1.46. The van der Waals surface area contributed by atoms with Gasteiger partial charge in [-0.3, -0.25) is 0 Å². The normalized spacial score (nSPS) is 23.9. The zero-order valence-corrected chi connectivity index (χ0v) is 12.4. The molecule has 2 aromatic heterocycles. The van der Waals surface area contributed by atoms with E-state index >= 15 is 0 Å². The summed E-state index contributed by atoms with van der Waals surface area (Å²) in [5, 5.41) is 7.04. The SMILES string of the molecule is c1cnc2c(c1)nc(CC1CCCN1)n2C1CCNCC1. The molecule has 2 aromatic rings. The van der Waals surface area contributed by atoms with Crippen LogP contribution in [0.25, 0.3) is 11.2 Å². The largest absolute Gasteiger partial charge is 0.317 e. The molecule has 0 aliphatic carbocycles. The monoisotopic (exact) mass is 285 g/mol. The van der Waals surface area contributed by atoms with Gasteiger partial charge in [-0.05, 0) is 57.5 Å². The highest BCUT2D eigenvalue weighted by molar-refractivity contribution is 5.71. The molecular weight excluding hydrogens is 262 g/mol. The van der Waals surface area contributed by atoms with Crippen LogP contribution in [0.4, 0.5) is 0 Å². The van der Waals surface area contributed by atoms with E-state index in [1.54, 1.807) is 0 Å². The first-order valence-electron chi connectivity index (χ1n) is 8.18.